The third kappa shape index (κ3) is 3.03. The molecule has 0 radical (unpaired) electrons. The van der Waals surface area contributed by atoms with Gasteiger partial charge in [0.2, 0.25) is 5.89 Å². The van der Waals surface area contributed by atoms with Crippen LogP contribution >= 0.6 is 24.0 Å². The Morgan fingerprint density at radius 2 is 2.15 bits per heavy atom. The van der Waals surface area contributed by atoms with E-state index in [-0.39, 0.29) is 18.3 Å². The number of aromatic nitrogens is 2. The number of rotatable bonds is 3. The molecule has 0 fully saturated rings. The van der Waals surface area contributed by atoms with Crippen molar-refractivity contribution >= 4 is 24.0 Å². The van der Waals surface area contributed by atoms with Crippen molar-refractivity contribution in [1.82, 2.24) is 10.2 Å². The highest BCUT2D eigenvalue weighted by atomic mass is 35.5. The van der Waals surface area contributed by atoms with Gasteiger partial charge in [-0.1, -0.05) is 18.5 Å². The van der Waals surface area contributed by atoms with E-state index in [9.17, 15) is 9.18 Å². The number of hydrogen-bond acceptors (Lipinski definition) is 4. The van der Waals surface area contributed by atoms with E-state index in [1.807, 2.05) is 0 Å². The summed E-state index contributed by atoms with van der Waals surface area (Å²) in [5, 5.41) is 6.24. The van der Waals surface area contributed by atoms with Gasteiger partial charge in [-0.3, -0.25) is 0 Å². The van der Waals surface area contributed by atoms with Crippen molar-refractivity contribution in [2.75, 3.05) is 0 Å². The van der Waals surface area contributed by atoms with E-state index in [4.69, 9.17) is 21.8 Å². The average Bonchev–Trinajstić information content (AvgIpc) is 2.80. The molecule has 1 heterocycles. The third-order valence-corrected chi connectivity index (χ3v) is 3.54. The SMILES string of the molecule is Cc1c(Cl)ccc(F)c1[C@@H](C)[C@H](N)c1n[nH]c(=O)o1.Cl. The summed E-state index contributed by atoms with van der Waals surface area (Å²) in [5.74, 6) is -1.50. The largest absolute Gasteiger partial charge is 0.434 e. The smallest absolute Gasteiger partial charge is 0.391 e. The topological polar surface area (TPSA) is 84.9 Å². The van der Waals surface area contributed by atoms with Crippen LogP contribution in [0.15, 0.2) is 21.3 Å². The van der Waals surface area contributed by atoms with Crippen molar-refractivity contribution < 1.29 is 8.81 Å². The summed E-state index contributed by atoms with van der Waals surface area (Å²) in [5.41, 5.74) is 6.95. The van der Waals surface area contributed by atoms with Crippen LogP contribution in [-0.2, 0) is 0 Å². The lowest BCUT2D eigenvalue weighted by atomic mass is 9.90. The Hall–Kier alpha value is -1.37. The molecule has 0 aliphatic rings. The fourth-order valence-electron chi connectivity index (χ4n) is 2.01. The van der Waals surface area contributed by atoms with E-state index in [1.165, 1.54) is 12.1 Å². The summed E-state index contributed by atoms with van der Waals surface area (Å²) in [6.45, 7) is 3.44. The second-order valence-corrected chi connectivity index (χ2v) is 4.74. The zero-order chi connectivity index (χ0) is 14.2. The maximum Gasteiger partial charge on any atom is 0.434 e. The summed E-state index contributed by atoms with van der Waals surface area (Å²) < 4.78 is 18.7. The predicted molar refractivity (Wildman–Crippen MR) is 75.9 cm³/mol. The Morgan fingerprint density at radius 3 is 2.70 bits per heavy atom. The molecule has 0 amide bonds. The standard InChI is InChI=1S/C12H13ClFN3O2.ClH/c1-5-7(13)3-4-8(14)9(5)6(2)10(15)11-16-17-12(18)19-11;/h3-4,6,10H,15H2,1-2H3,(H,17,18);1H/t6-,10+;/m1./s1. The second-order valence-electron chi connectivity index (χ2n) is 4.33. The number of nitrogens with zero attached hydrogens (tertiary/aromatic N) is 1. The zero-order valence-corrected chi connectivity index (χ0v) is 12.4. The van der Waals surface area contributed by atoms with Crippen molar-refractivity contribution in [2.45, 2.75) is 25.8 Å². The monoisotopic (exact) mass is 321 g/mol. The molecule has 5 nitrogen and oxygen atoms in total. The van der Waals surface area contributed by atoms with Gasteiger partial charge in [-0.2, -0.15) is 0 Å². The van der Waals surface area contributed by atoms with Gasteiger partial charge in [-0.25, -0.2) is 14.3 Å². The molecule has 0 aliphatic carbocycles. The van der Waals surface area contributed by atoms with E-state index in [2.05, 4.69) is 10.2 Å². The number of nitrogens with one attached hydrogen (secondary N) is 1. The van der Waals surface area contributed by atoms with Crippen LogP contribution in [0.4, 0.5) is 4.39 Å². The molecule has 20 heavy (non-hydrogen) atoms. The molecule has 0 saturated heterocycles. The Kier molecular flexibility index (Phi) is 5.33. The summed E-state index contributed by atoms with van der Waals surface area (Å²) in [4.78, 5) is 10.9. The van der Waals surface area contributed by atoms with E-state index in [0.29, 0.717) is 16.1 Å². The van der Waals surface area contributed by atoms with E-state index in [0.717, 1.165) is 0 Å². The van der Waals surface area contributed by atoms with E-state index < -0.39 is 23.5 Å². The summed E-state index contributed by atoms with van der Waals surface area (Å²) in [7, 11) is 0. The molecule has 2 rings (SSSR count). The van der Waals surface area contributed by atoms with Crippen LogP contribution in [0.1, 0.15) is 35.9 Å². The molecule has 3 N–H and O–H groups in total. The van der Waals surface area contributed by atoms with Gasteiger partial charge in [0.15, 0.2) is 0 Å². The number of aromatic amines is 1. The van der Waals surface area contributed by atoms with Crippen LogP contribution in [0.2, 0.25) is 5.02 Å². The van der Waals surface area contributed by atoms with Gasteiger partial charge in [0.25, 0.3) is 0 Å². The number of halogens is 3. The van der Waals surface area contributed by atoms with Crippen molar-refractivity contribution in [3.8, 4) is 0 Å². The highest BCUT2D eigenvalue weighted by Gasteiger charge is 2.26. The minimum atomic E-state index is -0.745. The summed E-state index contributed by atoms with van der Waals surface area (Å²) in [6.07, 6.45) is 0. The van der Waals surface area contributed by atoms with Crippen molar-refractivity contribution in [1.29, 1.82) is 0 Å². The first-order valence-electron chi connectivity index (χ1n) is 5.67. The molecule has 2 atom stereocenters. The minimum absolute atomic E-state index is 0. The maximum atomic E-state index is 13.9. The van der Waals surface area contributed by atoms with Gasteiger partial charge in [-0.05, 0) is 30.2 Å². The van der Waals surface area contributed by atoms with Crippen LogP contribution in [0.25, 0.3) is 0 Å². The third-order valence-electron chi connectivity index (χ3n) is 3.13. The second kappa shape index (κ2) is 6.39. The lowest BCUT2D eigenvalue weighted by Gasteiger charge is -2.20. The first-order valence-corrected chi connectivity index (χ1v) is 6.05. The Morgan fingerprint density at radius 1 is 1.50 bits per heavy atom. The van der Waals surface area contributed by atoms with Gasteiger partial charge in [-0.15, -0.1) is 17.5 Å². The van der Waals surface area contributed by atoms with Crippen molar-refractivity contribution in [3.05, 3.63) is 50.5 Å². The highest BCUT2D eigenvalue weighted by Crippen LogP contribution is 2.34. The first kappa shape index (κ1) is 16.7. The maximum absolute atomic E-state index is 13.9. The number of benzene rings is 1. The van der Waals surface area contributed by atoms with Gasteiger partial charge in [0.1, 0.15) is 5.82 Å². The van der Waals surface area contributed by atoms with E-state index in [1.54, 1.807) is 13.8 Å². The van der Waals surface area contributed by atoms with Crippen molar-refractivity contribution in [3.63, 3.8) is 0 Å². The van der Waals surface area contributed by atoms with Gasteiger partial charge >= 0.3 is 5.76 Å². The average molecular weight is 322 g/mol. The highest BCUT2D eigenvalue weighted by molar-refractivity contribution is 6.31. The molecule has 110 valence electrons. The molecular weight excluding hydrogens is 308 g/mol. The van der Waals surface area contributed by atoms with Crippen LogP contribution in [0, 0.1) is 12.7 Å². The first-order chi connectivity index (χ1) is 8.91. The molecule has 8 heteroatoms. The molecule has 2 aromatic rings. The van der Waals surface area contributed by atoms with Gasteiger partial charge in [0, 0.05) is 10.9 Å². The minimum Gasteiger partial charge on any atom is -0.391 e. The molecule has 1 aromatic heterocycles. The van der Waals surface area contributed by atoms with Crippen LogP contribution in [-0.4, -0.2) is 10.2 Å². The fourth-order valence-corrected chi connectivity index (χ4v) is 2.17. The number of H-pyrrole nitrogens is 1. The normalized spacial score (nSPS) is 13.7. The molecule has 0 saturated carbocycles. The van der Waals surface area contributed by atoms with Gasteiger partial charge in [0.05, 0.1) is 6.04 Å². The molecule has 1 aromatic carbocycles. The number of hydrogen-bond donors (Lipinski definition) is 2. The lowest BCUT2D eigenvalue weighted by molar-refractivity contribution is 0.396. The fraction of sp³-hybridized carbons (Fsp3) is 0.333. The molecular formula is C12H14Cl2FN3O2. The quantitative estimate of drug-likeness (QED) is 0.910. The van der Waals surface area contributed by atoms with E-state index >= 15 is 0 Å². The van der Waals surface area contributed by atoms with Crippen LogP contribution < -0.4 is 11.5 Å². The molecule has 0 bridgehead atoms. The molecule has 0 aliphatic heterocycles. The lowest BCUT2D eigenvalue weighted by Crippen LogP contribution is -2.20. The summed E-state index contributed by atoms with van der Waals surface area (Å²) >= 11 is 5.98. The number of nitrogens with two attached hydrogens (primary N) is 1. The Bertz CT molecular complexity index is 656. The van der Waals surface area contributed by atoms with Crippen LogP contribution in [0.3, 0.4) is 0 Å². The summed E-state index contributed by atoms with van der Waals surface area (Å²) in [6, 6.07) is 2.03. The van der Waals surface area contributed by atoms with Gasteiger partial charge < -0.3 is 10.2 Å². The molecule has 0 spiro atoms. The Balaban J connectivity index is 0.00000200. The molecule has 0 unspecified atom stereocenters. The predicted octanol–water partition coefficient (Wildman–Crippen LogP) is 2.69. The van der Waals surface area contributed by atoms with Crippen LogP contribution in [0.5, 0.6) is 0 Å². The van der Waals surface area contributed by atoms with Crippen molar-refractivity contribution in [2.24, 2.45) is 5.73 Å². The Labute approximate surface area is 125 Å². The zero-order valence-electron chi connectivity index (χ0n) is 10.8.